The fraction of sp³-hybridized carbons (Fsp3) is 0.125. The molecule has 0 bridgehead atoms. The minimum absolute atomic E-state index is 0.172. The minimum Gasteiger partial charge on any atom is -0.341 e. The molecule has 1 atom stereocenters. The molecular weight excluding hydrogens is 409 g/mol. The summed E-state index contributed by atoms with van der Waals surface area (Å²) in [6, 6.07) is 9.77. The summed E-state index contributed by atoms with van der Waals surface area (Å²) >= 11 is 0. The molecule has 0 saturated carbocycles. The third kappa shape index (κ3) is 3.72. The Labute approximate surface area is 183 Å². The van der Waals surface area contributed by atoms with Crippen molar-refractivity contribution in [2.45, 2.75) is 19.9 Å². The van der Waals surface area contributed by atoms with Gasteiger partial charge in [-0.3, -0.25) is 19.1 Å². The number of halogens is 1. The van der Waals surface area contributed by atoms with Crippen molar-refractivity contribution in [3.05, 3.63) is 93.8 Å². The molecule has 7 nitrogen and oxygen atoms in total. The Balaban J connectivity index is 1.89. The normalized spacial score (nSPS) is 11.7. The van der Waals surface area contributed by atoms with Gasteiger partial charge in [-0.25, -0.2) is 14.4 Å². The van der Waals surface area contributed by atoms with Gasteiger partial charge < -0.3 is 5.32 Å². The number of nitrogens with zero attached hydrogens (tertiary/aromatic N) is 4. The Morgan fingerprint density at radius 1 is 1.16 bits per heavy atom. The first-order valence-electron chi connectivity index (χ1n) is 9.77. The first-order valence-corrected chi connectivity index (χ1v) is 9.77. The molecule has 2 aromatic heterocycles. The smallest absolute Gasteiger partial charge is 0.272 e. The van der Waals surface area contributed by atoms with Crippen LogP contribution in [0, 0.1) is 25.1 Å². The molecule has 0 saturated heterocycles. The number of carbonyl (C=O) groups is 1. The summed E-state index contributed by atoms with van der Waals surface area (Å²) in [4.78, 5) is 39.1. The molecular formula is C24H18FN5O2. The number of amides is 1. The number of carbonyl (C=O) groups excluding carboxylic acids is 1. The van der Waals surface area contributed by atoms with E-state index in [4.69, 9.17) is 6.42 Å². The SMILES string of the molecule is C#Cc1cccc2nc(C(C)NC(=O)c3nccnc3C)n(-c3ccc(F)cc3)c(=O)c12. The van der Waals surface area contributed by atoms with Crippen LogP contribution in [0.5, 0.6) is 0 Å². The first kappa shape index (κ1) is 20.9. The van der Waals surface area contributed by atoms with Gasteiger partial charge in [0.2, 0.25) is 0 Å². The lowest BCUT2D eigenvalue weighted by Crippen LogP contribution is -2.34. The minimum atomic E-state index is -0.694. The number of fused-ring (bicyclic) bond motifs is 1. The second kappa shape index (κ2) is 8.40. The monoisotopic (exact) mass is 427 g/mol. The molecule has 1 unspecified atom stereocenters. The molecule has 158 valence electrons. The first-order chi connectivity index (χ1) is 15.4. The van der Waals surface area contributed by atoms with Crippen molar-refractivity contribution in [3.8, 4) is 18.0 Å². The fourth-order valence-corrected chi connectivity index (χ4v) is 3.46. The van der Waals surface area contributed by atoms with E-state index in [0.717, 1.165) is 0 Å². The van der Waals surface area contributed by atoms with Crippen LogP contribution in [0.25, 0.3) is 16.6 Å². The lowest BCUT2D eigenvalue weighted by Gasteiger charge is -2.20. The number of terminal acetylenes is 1. The van der Waals surface area contributed by atoms with Gasteiger partial charge in [0, 0.05) is 18.0 Å². The van der Waals surface area contributed by atoms with E-state index in [1.54, 1.807) is 32.0 Å². The number of aromatic nitrogens is 4. The maximum atomic E-state index is 13.5. The Hall–Kier alpha value is -4.38. The van der Waals surface area contributed by atoms with Crippen molar-refractivity contribution in [2.24, 2.45) is 0 Å². The molecule has 2 heterocycles. The summed E-state index contributed by atoms with van der Waals surface area (Å²) in [7, 11) is 0. The van der Waals surface area contributed by atoms with Gasteiger partial charge in [0.15, 0.2) is 0 Å². The van der Waals surface area contributed by atoms with E-state index in [1.807, 2.05) is 0 Å². The van der Waals surface area contributed by atoms with Crippen LogP contribution in [0.3, 0.4) is 0 Å². The van der Waals surface area contributed by atoms with E-state index in [0.29, 0.717) is 22.5 Å². The molecule has 0 aliphatic heterocycles. The van der Waals surface area contributed by atoms with Crippen LogP contribution in [-0.2, 0) is 0 Å². The Kier molecular flexibility index (Phi) is 5.48. The molecule has 2 aromatic carbocycles. The second-order valence-electron chi connectivity index (χ2n) is 7.12. The highest BCUT2D eigenvalue weighted by molar-refractivity contribution is 5.93. The largest absolute Gasteiger partial charge is 0.341 e. The van der Waals surface area contributed by atoms with E-state index in [2.05, 4.69) is 26.2 Å². The molecule has 0 radical (unpaired) electrons. The van der Waals surface area contributed by atoms with E-state index >= 15 is 0 Å². The van der Waals surface area contributed by atoms with Crippen LogP contribution in [0.1, 0.15) is 40.5 Å². The molecule has 4 rings (SSSR count). The second-order valence-corrected chi connectivity index (χ2v) is 7.12. The summed E-state index contributed by atoms with van der Waals surface area (Å²) in [5, 5.41) is 3.09. The number of nitrogens with one attached hydrogen (secondary N) is 1. The molecule has 0 fully saturated rings. The zero-order valence-electron chi connectivity index (χ0n) is 17.3. The Morgan fingerprint density at radius 3 is 2.56 bits per heavy atom. The Bertz CT molecular complexity index is 1440. The molecule has 4 aromatic rings. The van der Waals surface area contributed by atoms with Gasteiger partial charge in [0.05, 0.1) is 28.3 Å². The third-order valence-corrected chi connectivity index (χ3v) is 5.00. The highest BCUT2D eigenvalue weighted by atomic mass is 19.1. The summed E-state index contributed by atoms with van der Waals surface area (Å²) in [5.74, 6) is 1.87. The van der Waals surface area contributed by atoms with Crippen LogP contribution < -0.4 is 10.9 Å². The van der Waals surface area contributed by atoms with Crippen molar-refractivity contribution in [2.75, 3.05) is 0 Å². The topological polar surface area (TPSA) is 89.8 Å². The van der Waals surface area contributed by atoms with Gasteiger partial charge in [-0.15, -0.1) is 6.42 Å². The van der Waals surface area contributed by atoms with E-state index in [9.17, 15) is 14.0 Å². The number of aryl methyl sites for hydroxylation is 1. The van der Waals surface area contributed by atoms with Gasteiger partial charge in [-0.2, -0.15) is 0 Å². The average molecular weight is 427 g/mol. The quantitative estimate of drug-likeness (QED) is 0.506. The number of rotatable bonds is 4. The standard InChI is InChI=1S/C24H18FN5O2/c1-4-16-6-5-7-19-20(16)24(32)30(18-10-8-17(25)9-11-18)22(29-19)15(3)28-23(31)21-14(2)26-12-13-27-21/h1,5-13,15H,2-3H3,(H,28,31). The summed E-state index contributed by atoms with van der Waals surface area (Å²) in [5.41, 5.74) is 1.42. The molecule has 1 amide bonds. The molecule has 8 heteroatoms. The van der Waals surface area contributed by atoms with Gasteiger partial charge in [0.1, 0.15) is 17.3 Å². The number of benzene rings is 2. The molecule has 1 N–H and O–H groups in total. The van der Waals surface area contributed by atoms with Gasteiger partial charge in [-0.1, -0.05) is 12.0 Å². The van der Waals surface area contributed by atoms with E-state index < -0.39 is 23.3 Å². The van der Waals surface area contributed by atoms with Crippen LogP contribution in [0.15, 0.2) is 59.7 Å². The number of hydrogen-bond acceptors (Lipinski definition) is 5. The van der Waals surface area contributed by atoms with Crippen LogP contribution in [0.4, 0.5) is 4.39 Å². The average Bonchev–Trinajstić information content (AvgIpc) is 2.79. The molecule has 0 spiro atoms. The molecule has 0 aliphatic carbocycles. The summed E-state index contributed by atoms with van der Waals surface area (Å²) in [6.45, 7) is 3.37. The maximum Gasteiger partial charge on any atom is 0.272 e. The van der Waals surface area contributed by atoms with E-state index in [1.165, 1.54) is 41.2 Å². The summed E-state index contributed by atoms with van der Waals surface area (Å²) < 4.78 is 14.9. The van der Waals surface area contributed by atoms with Crippen molar-refractivity contribution >= 4 is 16.8 Å². The van der Waals surface area contributed by atoms with Crippen molar-refractivity contribution in [1.29, 1.82) is 0 Å². The number of hydrogen-bond donors (Lipinski definition) is 1. The lowest BCUT2D eigenvalue weighted by molar-refractivity contribution is 0.0931. The van der Waals surface area contributed by atoms with E-state index in [-0.39, 0.29) is 16.9 Å². The highest BCUT2D eigenvalue weighted by Gasteiger charge is 2.22. The van der Waals surface area contributed by atoms with Gasteiger partial charge in [-0.05, 0) is 50.2 Å². The fourth-order valence-electron chi connectivity index (χ4n) is 3.46. The molecule has 0 aliphatic rings. The van der Waals surface area contributed by atoms with Crippen LogP contribution in [-0.4, -0.2) is 25.4 Å². The zero-order valence-corrected chi connectivity index (χ0v) is 17.3. The van der Waals surface area contributed by atoms with Crippen molar-refractivity contribution < 1.29 is 9.18 Å². The van der Waals surface area contributed by atoms with Crippen molar-refractivity contribution in [3.63, 3.8) is 0 Å². The predicted octanol–water partition coefficient (Wildman–Crippen LogP) is 3.10. The van der Waals surface area contributed by atoms with Crippen molar-refractivity contribution in [1.82, 2.24) is 24.8 Å². The summed E-state index contributed by atoms with van der Waals surface area (Å²) in [6.07, 6.45) is 8.51. The highest BCUT2D eigenvalue weighted by Crippen LogP contribution is 2.20. The Morgan fingerprint density at radius 2 is 1.88 bits per heavy atom. The van der Waals surface area contributed by atoms with Crippen LogP contribution >= 0.6 is 0 Å². The van der Waals surface area contributed by atoms with Gasteiger partial charge in [0.25, 0.3) is 11.5 Å². The molecule has 32 heavy (non-hydrogen) atoms. The maximum absolute atomic E-state index is 13.5. The zero-order chi connectivity index (χ0) is 22.8. The van der Waals surface area contributed by atoms with Crippen LogP contribution in [0.2, 0.25) is 0 Å². The third-order valence-electron chi connectivity index (χ3n) is 5.00. The lowest BCUT2D eigenvalue weighted by atomic mass is 10.1. The van der Waals surface area contributed by atoms with Gasteiger partial charge >= 0.3 is 0 Å². The predicted molar refractivity (Wildman–Crippen MR) is 118 cm³/mol.